The van der Waals surface area contributed by atoms with Crippen LogP contribution in [0.5, 0.6) is 0 Å². The van der Waals surface area contributed by atoms with Crippen LogP contribution in [-0.2, 0) is 5.41 Å². The fraction of sp³-hybridized carbons (Fsp3) is 0.375. The van der Waals surface area contributed by atoms with Crippen LogP contribution >= 0.6 is 0 Å². The molecule has 0 spiro atoms. The van der Waals surface area contributed by atoms with Gasteiger partial charge < -0.3 is 0 Å². The van der Waals surface area contributed by atoms with Crippen LogP contribution in [0, 0.1) is 0 Å². The number of fused-ring (bicyclic) bond motifs is 1. The van der Waals surface area contributed by atoms with Crippen LogP contribution in [0.4, 0.5) is 0 Å². The first-order valence-electron chi connectivity index (χ1n) is 6.28. The van der Waals surface area contributed by atoms with E-state index in [-0.39, 0.29) is 0 Å². The van der Waals surface area contributed by atoms with Crippen LogP contribution in [0.15, 0.2) is 42.5 Å². The van der Waals surface area contributed by atoms with Crippen molar-refractivity contribution >= 4 is 10.8 Å². The molecule has 0 aliphatic heterocycles. The van der Waals surface area contributed by atoms with E-state index in [0.717, 1.165) is 0 Å². The van der Waals surface area contributed by atoms with E-state index in [9.17, 15) is 0 Å². The highest BCUT2D eigenvalue weighted by atomic mass is 14.4. The fourth-order valence-electron chi connectivity index (χ4n) is 3.18. The second-order valence-electron chi connectivity index (χ2n) is 5.29. The van der Waals surface area contributed by atoms with Gasteiger partial charge in [0.1, 0.15) is 0 Å². The van der Waals surface area contributed by atoms with E-state index < -0.39 is 0 Å². The number of rotatable bonds is 1. The molecule has 1 saturated carbocycles. The summed E-state index contributed by atoms with van der Waals surface area (Å²) in [5.74, 6) is 0. The van der Waals surface area contributed by atoms with E-state index in [0.29, 0.717) is 5.41 Å². The van der Waals surface area contributed by atoms with Crippen molar-refractivity contribution in [3.8, 4) is 0 Å². The predicted molar refractivity (Wildman–Crippen MR) is 69.8 cm³/mol. The van der Waals surface area contributed by atoms with Crippen molar-refractivity contribution in [1.29, 1.82) is 0 Å². The van der Waals surface area contributed by atoms with Gasteiger partial charge in [0.05, 0.1) is 0 Å². The Morgan fingerprint density at radius 1 is 0.875 bits per heavy atom. The maximum absolute atomic E-state index is 2.43. The largest absolute Gasteiger partial charge is 0.0616 e. The van der Waals surface area contributed by atoms with Crippen LogP contribution < -0.4 is 0 Å². The second-order valence-corrected chi connectivity index (χ2v) is 5.29. The lowest BCUT2D eigenvalue weighted by atomic mass is 9.79. The molecule has 0 N–H and O–H groups in total. The third-order valence-electron chi connectivity index (χ3n) is 4.15. The maximum atomic E-state index is 2.43. The van der Waals surface area contributed by atoms with Gasteiger partial charge in [-0.05, 0) is 34.6 Å². The quantitative estimate of drug-likeness (QED) is 0.641. The molecule has 0 amide bonds. The molecule has 82 valence electrons. The second kappa shape index (κ2) is 3.62. The molecule has 0 saturated heterocycles. The topological polar surface area (TPSA) is 0 Å². The summed E-state index contributed by atoms with van der Waals surface area (Å²) in [7, 11) is 0. The standard InChI is InChI=1S/C16H18/c1-16(11-4-5-12-16)15-10-6-8-13-7-2-3-9-14(13)15/h2-3,6-10H,4-5,11-12H2,1H3. The van der Waals surface area contributed by atoms with Crippen molar-refractivity contribution in [3.05, 3.63) is 48.0 Å². The molecule has 0 radical (unpaired) electrons. The molecule has 3 rings (SSSR count). The van der Waals surface area contributed by atoms with Crippen molar-refractivity contribution in [2.75, 3.05) is 0 Å². The average Bonchev–Trinajstić information content (AvgIpc) is 2.77. The lowest BCUT2D eigenvalue weighted by Gasteiger charge is -2.25. The Hall–Kier alpha value is -1.30. The van der Waals surface area contributed by atoms with Crippen LogP contribution in [0.3, 0.4) is 0 Å². The van der Waals surface area contributed by atoms with E-state index in [1.807, 2.05) is 0 Å². The van der Waals surface area contributed by atoms with Gasteiger partial charge in [0.2, 0.25) is 0 Å². The lowest BCUT2D eigenvalue weighted by Crippen LogP contribution is -2.16. The first kappa shape index (κ1) is 9.89. The zero-order valence-corrected chi connectivity index (χ0v) is 9.87. The first-order chi connectivity index (χ1) is 7.80. The molecule has 1 fully saturated rings. The number of hydrogen-bond donors (Lipinski definition) is 0. The molecule has 1 aliphatic carbocycles. The van der Waals surface area contributed by atoms with Crippen molar-refractivity contribution in [2.24, 2.45) is 0 Å². The Labute approximate surface area is 97.3 Å². The normalized spacial score (nSPS) is 19.1. The van der Waals surface area contributed by atoms with Gasteiger partial charge in [-0.1, -0.05) is 62.2 Å². The highest BCUT2D eigenvalue weighted by Gasteiger charge is 2.31. The molecule has 0 heteroatoms. The van der Waals surface area contributed by atoms with E-state index in [4.69, 9.17) is 0 Å². The van der Waals surface area contributed by atoms with Crippen LogP contribution in [0.25, 0.3) is 10.8 Å². The van der Waals surface area contributed by atoms with Crippen LogP contribution in [0.2, 0.25) is 0 Å². The molecule has 1 aliphatic rings. The lowest BCUT2D eigenvalue weighted by molar-refractivity contribution is 0.496. The summed E-state index contributed by atoms with van der Waals surface area (Å²) in [6.45, 7) is 2.43. The minimum atomic E-state index is 0.418. The minimum Gasteiger partial charge on any atom is -0.0616 e. The molecule has 2 aromatic rings. The Morgan fingerprint density at radius 3 is 2.38 bits per heavy atom. The molecule has 0 unspecified atom stereocenters. The van der Waals surface area contributed by atoms with Gasteiger partial charge in [0.15, 0.2) is 0 Å². The van der Waals surface area contributed by atoms with Crippen molar-refractivity contribution in [2.45, 2.75) is 38.0 Å². The molecule has 0 bridgehead atoms. The summed E-state index contributed by atoms with van der Waals surface area (Å²) in [5.41, 5.74) is 1.98. The van der Waals surface area contributed by atoms with Gasteiger partial charge in [0.25, 0.3) is 0 Å². The summed E-state index contributed by atoms with van der Waals surface area (Å²) in [6, 6.07) is 15.5. The van der Waals surface area contributed by atoms with E-state index in [1.54, 1.807) is 5.56 Å². The summed E-state index contributed by atoms with van der Waals surface area (Å²) in [6.07, 6.45) is 5.47. The molecule has 0 aromatic heterocycles. The predicted octanol–water partition coefficient (Wildman–Crippen LogP) is 4.67. The van der Waals surface area contributed by atoms with Crippen LogP contribution in [-0.4, -0.2) is 0 Å². The van der Waals surface area contributed by atoms with Gasteiger partial charge in [-0.3, -0.25) is 0 Å². The Bertz CT molecular complexity index is 499. The Balaban J connectivity index is 2.23. The maximum Gasteiger partial charge on any atom is -0.00691 e. The van der Waals surface area contributed by atoms with Gasteiger partial charge in [-0.15, -0.1) is 0 Å². The van der Waals surface area contributed by atoms with Crippen molar-refractivity contribution < 1.29 is 0 Å². The zero-order valence-electron chi connectivity index (χ0n) is 9.87. The number of benzene rings is 2. The third-order valence-corrected chi connectivity index (χ3v) is 4.15. The average molecular weight is 210 g/mol. The molecule has 0 heterocycles. The van der Waals surface area contributed by atoms with Crippen molar-refractivity contribution in [3.63, 3.8) is 0 Å². The van der Waals surface area contributed by atoms with Crippen LogP contribution in [0.1, 0.15) is 38.2 Å². The summed E-state index contributed by atoms with van der Waals surface area (Å²) < 4.78 is 0. The summed E-state index contributed by atoms with van der Waals surface area (Å²) in [4.78, 5) is 0. The molecular formula is C16H18. The van der Waals surface area contributed by atoms with E-state index in [1.165, 1.54) is 36.5 Å². The smallest absolute Gasteiger partial charge is 0.00691 e. The summed E-state index contributed by atoms with van der Waals surface area (Å²) >= 11 is 0. The Kier molecular flexibility index (Phi) is 2.24. The monoisotopic (exact) mass is 210 g/mol. The number of hydrogen-bond acceptors (Lipinski definition) is 0. The van der Waals surface area contributed by atoms with Gasteiger partial charge >= 0.3 is 0 Å². The SMILES string of the molecule is CC1(c2cccc3ccccc23)CCCC1. The highest BCUT2D eigenvalue weighted by Crippen LogP contribution is 2.43. The molecule has 2 aromatic carbocycles. The van der Waals surface area contributed by atoms with Gasteiger partial charge in [-0.25, -0.2) is 0 Å². The first-order valence-corrected chi connectivity index (χ1v) is 6.28. The fourth-order valence-corrected chi connectivity index (χ4v) is 3.18. The van der Waals surface area contributed by atoms with E-state index >= 15 is 0 Å². The van der Waals surface area contributed by atoms with Crippen molar-refractivity contribution in [1.82, 2.24) is 0 Å². The third kappa shape index (κ3) is 1.44. The molecule has 0 nitrogen and oxygen atoms in total. The Morgan fingerprint density at radius 2 is 1.56 bits per heavy atom. The molecule has 16 heavy (non-hydrogen) atoms. The van der Waals surface area contributed by atoms with Gasteiger partial charge in [-0.2, -0.15) is 0 Å². The minimum absolute atomic E-state index is 0.418. The van der Waals surface area contributed by atoms with Gasteiger partial charge in [0, 0.05) is 0 Å². The van der Waals surface area contributed by atoms with E-state index in [2.05, 4.69) is 49.4 Å². The highest BCUT2D eigenvalue weighted by molar-refractivity contribution is 5.86. The molecule has 0 atom stereocenters. The summed E-state index contributed by atoms with van der Waals surface area (Å²) in [5, 5.41) is 2.84. The zero-order chi connectivity index (χ0) is 11.0. The molecular weight excluding hydrogens is 192 g/mol.